The normalized spacial score (nSPS) is 28.7. The zero-order valence-electron chi connectivity index (χ0n) is 14.7. The molecule has 7 nitrogen and oxygen atoms in total. The van der Waals surface area contributed by atoms with Gasteiger partial charge in [-0.3, -0.25) is 9.59 Å². The smallest absolute Gasteiger partial charge is 0.327 e. The lowest BCUT2D eigenvalue weighted by molar-refractivity contribution is -0.171. The largest absolute Gasteiger partial charge is 0.480 e. The van der Waals surface area contributed by atoms with E-state index in [2.05, 4.69) is 5.32 Å². The molecule has 140 valence electrons. The lowest BCUT2D eigenvalue weighted by Gasteiger charge is -2.45. The second-order valence-electron chi connectivity index (χ2n) is 7.21. The van der Waals surface area contributed by atoms with E-state index in [0.29, 0.717) is 0 Å². The Kier molecular flexibility index (Phi) is 4.74. The molecule has 0 saturated carbocycles. The van der Waals surface area contributed by atoms with E-state index in [9.17, 15) is 24.6 Å². The lowest BCUT2D eigenvalue weighted by Crippen LogP contribution is -2.67. The van der Waals surface area contributed by atoms with Gasteiger partial charge >= 0.3 is 5.97 Å². The minimum atomic E-state index is -1.51. The van der Waals surface area contributed by atoms with E-state index in [4.69, 9.17) is 0 Å². The van der Waals surface area contributed by atoms with Crippen molar-refractivity contribution >= 4 is 29.5 Å². The fourth-order valence-corrected chi connectivity index (χ4v) is 5.34. The van der Waals surface area contributed by atoms with E-state index in [1.807, 2.05) is 30.3 Å². The number of thioether (sulfide) groups is 1. The molecule has 3 rings (SSSR count). The fraction of sp³-hybridized carbons (Fsp3) is 0.500. The number of benzene rings is 1. The molecule has 2 saturated heterocycles. The van der Waals surface area contributed by atoms with Gasteiger partial charge in [-0.25, -0.2) is 4.79 Å². The first-order valence-corrected chi connectivity index (χ1v) is 9.29. The van der Waals surface area contributed by atoms with Crippen LogP contribution in [0.25, 0.3) is 0 Å². The zero-order chi connectivity index (χ0) is 19.2. The maximum absolute atomic E-state index is 12.5. The highest BCUT2D eigenvalue weighted by Gasteiger charge is 2.66. The van der Waals surface area contributed by atoms with Gasteiger partial charge in [0.1, 0.15) is 18.1 Å². The molecule has 1 aromatic rings. The summed E-state index contributed by atoms with van der Waals surface area (Å²) in [5.41, 5.74) is 0.886. The molecule has 2 aliphatic rings. The highest BCUT2D eigenvalue weighted by Crippen LogP contribution is 2.54. The van der Waals surface area contributed by atoms with Crippen LogP contribution in [-0.4, -0.2) is 55.2 Å². The van der Waals surface area contributed by atoms with Crippen molar-refractivity contribution < 1.29 is 24.6 Å². The third-order valence-electron chi connectivity index (χ3n) is 4.98. The van der Waals surface area contributed by atoms with E-state index in [1.165, 1.54) is 16.7 Å². The fourth-order valence-electron chi connectivity index (χ4n) is 3.62. The third kappa shape index (κ3) is 2.97. The Hall–Kier alpha value is -2.06. The molecule has 2 amide bonds. The number of rotatable bonds is 5. The highest BCUT2D eigenvalue weighted by atomic mass is 32.2. The quantitative estimate of drug-likeness (QED) is 0.660. The molecule has 2 aliphatic heterocycles. The van der Waals surface area contributed by atoms with Crippen molar-refractivity contribution in [3.8, 4) is 0 Å². The number of amides is 2. The van der Waals surface area contributed by atoms with E-state index in [-0.39, 0.29) is 6.04 Å². The summed E-state index contributed by atoms with van der Waals surface area (Å²) < 4.78 is -0.686. The van der Waals surface area contributed by atoms with Gasteiger partial charge in [0.25, 0.3) is 0 Å². The van der Waals surface area contributed by atoms with E-state index in [0.717, 1.165) is 5.56 Å². The van der Waals surface area contributed by atoms with E-state index >= 15 is 0 Å². The van der Waals surface area contributed by atoms with Crippen molar-refractivity contribution in [2.45, 2.75) is 49.1 Å². The number of hydrogen-bond acceptors (Lipinski definition) is 5. The van der Waals surface area contributed by atoms with Gasteiger partial charge in [0.15, 0.2) is 0 Å². The van der Waals surface area contributed by atoms with Gasteiger partial charge in [0.2, 0.25) is 11.8 Å². The topological polar surface area (TPSA) is 107 Å². The number of aliphatic hydroxyl groups excluding tert-OH is 1. The number of β-lactam (4-membered cyclic amide) rings is 1. The first-order valence-electron chi connectivity index (χ1n) is 8.41. The van der Waals surface area contributed by atoms with Crippen LogP contribution in [0.2, 0.25) is 0 Å². The van der Waals surface area contributed by atoms with Gasteiger partial charge in [0, 0.05) is 4.75 Å². The van der Waals surface area contributed by atoms with Gasteiger partial charge in [-0.15, -0.1) is 11.8 Å². The number of aliphatic hydroxyl groups is 1. The molecule has 0 bridgehead atoms. The Morgan fingerprint density at radius 2 is 1.88 bits per heavy atom. The summed E-state index contributed by atoms with van der Waals surface area (Å²) in [6, 6.07) is 8.02. The summed E-state index contributed by atoms with van der Waals surface area (Å²) in [6.07, 6.45) is -1.51. The third-order valence-corrected chi connectivity index (χ3v) is 6.58. The van der Waals surface area contributed by atoms with Crippen molar-refractivity contribution in [2.75, 3.05) is 0 Å². The Bertz CT molecular complexity index is 738. The van der Waals surface area contributed by atoms with Crippen molar-refractivity contribution in [1.29, 1.82) is 0 Å². The van der Waals surface area contributed by atoms with E-state index in [1.54, 1.807) is 20.8 Å². The first-order chi connectivity index (χ1) is 12.1. The van der Waals surface area contributed by atoms with Gasteiger partial charge in [0.05, 0.1) is 11.4 Å². The second-order valence-corrected chi connectivity index (χ2v) is 8.98. The SMILES string of the molecule is C[C@H](NC(=O)[C@@H](O)[C@@H]1C(=O)N2[C@@H]1SC(C)(C)[C@@H]2C(=O)O)c1ccccc1. The summed E-state index contributed by atoms with van der Waals surface area (Å²) in [5.74, 6) is -3.12. The number of carboxylic acid groups (broad SMARTS) is 1. The van der Waals surface area contributed by atoms with Gasteiger partial charge in [-0.2, -0.15) is 0 Å². The molecule has 0 radical (unpaired) electrons. The van der Waals surface area contributed by atoms with Gasteiger partial charge in [-0.05, 0) is 26.3 Å². The van der Waals surface area contributed by atoms with Crippen molar-refractivity contribution in [3.63, 3.8) is 0 Å². The average molecular weight is 378 g/mol. The molecule has 0 aromatic heterocycles. The molecule has 5 atom stereocenters. The molecule has 0 spiro atoms. The molecule has 1 aromatic carbocycles. The minimum Gasteiger partial charge on any atom is -0.480 e. The number of carboxylic acids is 1. The molecular formula is C18H22N2O5S. The highest BCUT2D eigenvalue weighted by molar-refractivity contribution is 8.01. The van der Waals surface area contributed by atoms with Crippen LogP contribution in [0.4, 0.5) is 0 Å². The summed E-state index contributed by atoms with van der Waals surface area (Å²) in [6.45, 7) is 5.30. The molecule has 0 unspecified atom stereocenters. The predicted molar refractivity (Wildman–Crippen MR) is 96.2 cm³/mol. The Labute approximate surface area is 155 Å². The summed E-state index contributed by atoms with van der Waals surface area (Å²) >= 11 is 1.31. The number of hydrogen-bond donors (Lipinski definition) is 3. The van der Waals surface area contributed by atoms with Crippen LogP contribution in [0.1, 0.15) is 32.4 Å². The Morgan fingerprint density at radius 1 is 1.27 bits per heavy atom. The Morgan fingerprint density at radius 3 is 2.46 bits per heavy atom. The van der Waals surface area contributed by atoms with Crippen LogP contribution in [0.3, 0.4) is 0 Å². The van der Waals surface area contributed by atoms with Crippen LogP contribution in [0, 0.1) is 5.92 Å². The van der Waals surface area contributed by atoms with Gasteiger partial charge in [-0.1, -0.05) is 30.3 Å². The maximum atomic E-state index is 12.5. The summed E-state index contributed by atoms with van der Waals surface area (Å²) in [4.78, 5) is 37.7. The van der Waals surface area contributed by atoms with Gasteiger partial charge < -0.3 is 20.4 Å². The van der Waals surface area contributed by atoms with Crippen LogP contribution in [0.15, 0.2) is 30.3 Å². The molecule has 3 N–H and O–H groups in total. The lowest BCUT2D eigenvalue weighted by atomic mass is 9.87. The number of nitrogens with zero attached hydrogens (tertiary/aromatic N) is 1. The minimum absolute atomic E-state index is 0.316. The molecular weight excluding hydrogens is 356 g/mol. The Balaban J connectivity index is 1.69. The van der Waals surface area contributed by atoms with Crippen molar-refractivity contribution in [2.24, 2.45) is 5.92 Å². The summed E-state index contributed by atoms with van der Waals surface area (Å²) in [7, 11) is 0. The summed E-state index contributed by atoms with van der Waals surface area (Å²) in [5, 5.41) is 22.1. The van der Waals surface area contributed by atoms with Crippen LogP contribution < -0.4 is 5.32 Å². The number of aliphatic carboxylic acids is 1. The zero-order valence-corrected chi connectivity index (χ0v) is 15.6. The number of carbonyl (C=O) groups excluding carboxylic acids is 2. The monoisotopic (exact) mass is 378 g/mol. The molecule has 26 heavy (non-hydrogen) atoms. The molecule has 0 aliphatic carbocycles. The molecule has 8 heteroatoms. The predicted octanol–water partition coefficient (Wildman–Crippen LogP) is 0.988. The first kappa shape index (κ1) is 18.7. The second kappa shape index (κ2) is 6.59. The number of fused-ring (bicyclic) bond motifs is 1. The number of nitrogens with one attached hydrogen (secondary N) is 1. The van der Waals surface area contributed by atoms with E-state index < -0.39 is 46.0 Å². The molecule has 2 heterocycles. The van der Waals surface area contributed by atoms with Crippen LogP contribution >= 0.6 is 11.8 Å². The van der Waals surface area contributed by atoms with Crippen molar-refractivity contribution in [1.82, 2.24) is 10.2 Å². The van der Waals surface area contributed by atoms with Crippen LogP contribution in [0.5, 0.6) is 0 Å². The van der Waals surface area contributed by atoms with Crippen molar-refractivity contribution in [3.05, 3.63) is 35.9 Å². The maximum Gasteiger partial charge on any atom is 0.327 e. The molecule has 2 fully saturated rings. The number of carbonyl (C=O) groups is 3. The average Bonchev–Trinajstić information content (AvgIpc) is 2.83. The standard InChI is InChI=1S/C18H22N2O5S/c1-9(10-7-5-4-6-8-10)19-14(22)12(21)11-15(23)20-13(17(24)25)18(2,3)26-16(11)20/h4-9,11-13,16,21H,1-3H3,(H,19,22)(H,24,25)/t9-,11+,12-,13-,16+/m0/s1. The van der Waals surface area contributed by atoms with Crippen LogP contribution in [-0.2, 0) is 14.4 Å².